The van der Waals surface area contributed by atoms with Gasteiger partial charge in [-0.2, -0.15) is 0 Å². The van der Waals surface area contributed by atoms with Crippen molar-refractivity contribution in [2.24, 2.45) is 17.6 Å². The van der Waals surface area contributed by atoms with Gasteiger partial charge in [-0.25, -0.2) is 4.39 Å². The SMILES string of the molecule is COc1ccc(C[C@@H]2NC(=O)[C@H]([C@@H](C)O)NC(=O)[C@@H]3[C@@H]4CCN3C(=O)[C@H]3CC(=O)[C@H](Cc5cccc(c5)CNC(=O)CO4)NC(=O)[C@@H](CN)NC(=O)[C@H](C)CC(=O)CCC(=O)N(CCCCCCn4cc(c5cc(F)ccc54)C3)Cc3ccc(cc3)CCCC(=O)[C@]3(C)CCCN3C2=O)cc1. The van der Waals surface area contributed by atoms with Gasteiger partial charge >= 0.3 is 0 Å². The van der Waals surface area contributed by atoms with Crippen LogP contribution in [0.1, 0.15) is 138 Å². The topological polar surface area (TPSA) is 327 Å². The number of hydrogen-bond acceptors (Lipinski definition) is 15. The summed E-state index contributed by atoms with van der Waals surface area (Å²) in [5, 5.41) is 25.8. The molecular formula is C76H95FN10O14. The second-order valence-corrected chi connectivity index (χ2v) is 28.0. The lowest BCUT2D eigenvalue weighted by atomic mass is 9.88. The van der Waals surface area contributed by atoms with Crippen molar-refractivity contribution < 1.29 is 71.7 Å². The third kappa shape index (κ3) is 18.7. The highest BCUT2D eigenvalue weighted by Crippen LogP contribution is 2.35. The first-order valence-electron chi connectivity index (χ1n) is 35.5. The molecule has 5 aromatic rings. The third-order valence-corrected chi connectivity index (χ3v) is 20.6. The number of nitrogens with two attached hydrogens (primary N) is 1. The van der Waals surface area contributed by atoms with Crippen LogP contribution in [-0.2, 0) is 103 Å². The number of aliphatic hydroxyl groups excluding tert-OH is 1. The Morgan fingerprint density at radius 2 is 1.43 bits per heavy atom. The number of amides is 8. The average Bonchev–Trinajstić information content (AvgIpc) is 1.68. The molecule has 0 saturated carbocycles. The predicted octanol–water partition coefficient (Wildman–Crippen LogP) is 4.55. The Hall–Kier alpha value is -9.20. The predicted molar refractivity (Wildman–Crippen MR) is 371 cm³/mol. The van der Waals surface area contributed by atoms with Gasteiger partial charge in [-0.3, -0.25) is 52.7 Å². The number of benzene rings is 4. The van der Waals surface area contributed by atoms with Crippen LogP contribution < -0.4 is 37.1 Å². The summed E-state index contributed by atoms with van der Waals surface area (Å²) >= 11 is 0. The maximum Gasteiger partial charge on any atom is 0.246 e. The number of Topliss-reactive ketones (excluding diaryl/α,β-unsaturated/α-hetero) is 3. The standard InChI is InChI=1S/C76H95FN10O14/c1-46-34-56(89)23-27-67(93)85-31-8-6-5-7-30-84-44-54(58-40-55(77)22-26-62(58)84)38-53-39-63(90)59(80-71(95)61(41-78)82-70(46)94)37-51-13-9-14-52(35-51)42-79-66(92)45-101-64-28-33-86(74(53)98)69(64)73(97)83-68(47(2)88)72(96)81-60(36-49-20-24-57(100-4)25-21-49)75(99)87-32-11-29-76(87,3)65(91)15-10-12-48-16-18-50(43-85)19-17-48/h9,13-14,16-22,24-26,35,40,44,46-47,53,59-61,64,68-69,88H,5-8,10-12,15,23,27-34,36-39,41-43,45,78H2,1-4H3,(H,79,92)(H,80,95)(H,81,96)(H,82,94)(H,83,97)/t46-,47-,53-,59+,60+,61-,64+,68+,69+,76+/m1/s1. The molecular weight excluding hydrogens is 1300 g/mol. The molecule has 101 heavy (non-hydrogen) atoms. The van der Waals surface area contributed by atoms with Crippen LogP contribution in [0.4, 0.5) is 4.39 Å². The molecule has 7 heterocycles. The molecule has 540 valence electrons. The first-order valence-corrected chi connectivity index (χ1v) is 35.5. The lowest BCUT2D eigenvalue weighted by Crippen LogP contribution is -2.62. The van der Waals surface area contributed by atoms with Crippen molar-refractivity contribution in [3.63, 3.8) is 0 Å². The van der Waals surface area contributed by atoms with Gasteiger partial charge in [0.1, 0.15) is 48.1 Å². The molecule has 0 radical (unpaired) electrons. The third-order valence-electron chi connectivity index (χ3n) is 20.6. The van der Waals surface area contributed by atoms with Gasteiger partial charge in [0.05, 0.1) is 30.9 Å². The lowest BCUT2D eigenvalue weighted by Gasteiger charge is -2.37. The second-order valence-electron chi connectivity index (χ2n) is 28.0. The van der Waals surface area contributed by atoms with Crippen molar-refractivity contribution in [1.82, 2.24) is 45.9 Å². The highest BCUT2D eigenvalue weighted by Gasteiger charge is 2.49. The van der Waals surface area contributed by atoms with Crippen LogP contribution in [0.5, 0.6) is 5.75 Å². The minimum Gasteiger partial charge on any atom is -0.497 e. The fourth-order valence-electron chi connectivity index (χ4n) is 14.7. The average molecular weight is 1390 g/mol. The molecule has 11 rings (SSSR count). The number of carbonyl (C=O) groups excluding carboxylic acids is 11. The van der Waals surface area contributed by atoms with E-state index in [1.54, 1.807) is 66.4 Å². The Morgan fingerprint density at radius 1 is 0.693 bits per heavy atom. The molecule has 24 nitrogen and oxygen atoms in total. The number of nitrogens with one attached hydrogen (secondary N) is 5. The van der Waals surface area contributed by atoms with Crippen molar-refractivity contribution in [1.29, 1.82) is 0 Å². The number of aliphatic hydroxyl groups is 1. The summed E-state index contributed by atoms with van der Waals surface area (Å²) in [6.45, 7) is 4.51. The van der Waals surface area contributed by atoms with Crippen LogP contribution >= 0.6 is 0 Å². The van der Waals surface area contributed by atoms with Crippen LogP contribution in [0.15, 0.2) is 97.2 Å². The number of carbonyl (C=O) groups is 11. The molecule has 8 amide bonds. The molecule has 0 spiro atoms. The van der Waals surface area contributed by atoms with E-state index < -0.39 is 132 Å². The molecule has 2 saturated heterocycles. The largest absolute Gasteiger partial charge is 0.497 e. The van der Waals surface area contributed by atoms with Crippen LogP contribution in [-0.4, -0.2) is 177 Å². The molecule has 0 aliphatic carbocycles. The highest BCUT2D eigenvalue weighted by molar-refractivity contribution is 6.00. The number of ether oxygens (including phenoxy) is 2. The van der Waals surface area contributed by atoms with Gasteiger partial charge in [0, 0.05) is 113 Å². The number of fused-ring (bicyclic) bond motifs is 16. The molecule has 12 bridgehead atoms. The van der Waals surface area contributed by atoms with Crippen molar-refractivity contribution in [2.75, 3.05) is 39.9 Å². The van der Waals surface area contributed by atoms with Crippen LogP contribution in [0, 0.1) is 17.7 Å². The Balaban J connectivity index is 1.08. The van der Waals surface area contributed by atoms with Gasteiger partial charge in [-0.05, 0) is 135 Å². The van der Waals surface area contributed by atoms with Gasteiger partial charge in [0.2, 0.25) is 47.3 Å². The van der Waals surface area contributed by atoms with E-state index in [1.807, 2.05) is 35.0 Å². The number of ketones is 3. The smallest absolute Gasteiger partial charge is 0.246 e. The summed E-state index contributed by atoms with van der Waals surface area (Å²) in [6, 6.07) is 18.2. The number of aryl methyl sites for hydroxylation is 2. The molecule has 4 aromatic carbocycles. The van der Waals surface area contributed by atoms with Crippen molar-refractivity contribution >= 4 is 75.5 Å². The van der Waals surface area contributed by atoms with Gasteiger partial charge < -0.3 is 66.2 Å². The van der Waals surface area contributed by atoms with Crippen molar-refractivity contribution in [3.05, 3.63) is 136 Å². The van der Waals surface area contributed by atoms with E-state index >= 15 is 28.4 Å². The molecule has 6 aliphatic rings. The van der Waals surface area contributed by atoms with Gasteiger partial charge in [-0.1, -0.05) is 80.4 Å². The van der Waals surface area contributed by atoms with E-state index in [0.717, 1.165) is 11.1 Å². The molecule has 25 heteroatoms. The Morgan fingerprint density at radius 3 is 2.17 bits per heavy atom. The van der Waals surface area contributed by atoms with Crippen LogP contribution in [0.2, 0.25) is 0 Å². The molecule has 1 aromatic heterocycles. The Labute approximate surface area is 587 Å². The van der Waals surface area contributed by atoms with E-state index in [0.29, 0.717) is 103 Å². The van der Waals surface area contributed by atoms with Crippen molar-refractivity contribution in [3.8, 4) is 5.75 Å². The number of aromatic nitrogens is 1. The second kappa shape index (κ2) is 34.0. The molecule has 10 atom stereocenters. The van der Waals surface area contributed by atoms with E-state index in [2.05, 4.69) is 26.6 Å². The maximum absolute atomic E-state index is 16.1. The summed E-state index contributed by atoms with van der Waals surface area (Å²) in [7, 11) is 1.50. The number of nitrogens with zero attached hydrogens (tertiary/aromatic N) is 4. The van der Waals surface area contributed by atoms with Crippen LogP contribution in [0.3, 0.4) is 0 Å². The summed E-state index contributed by atoms with van der Waals surface area (Å²) in [6.07, 6.45) is 1.86. The molecule has 8 N–H and O–H groups in total. The lowest BCUT2D eigenvalue weighted by molar-refractivity contribution is -0.148. The van der Waals surface area contributed by atoms with E-state index in [4.69, 9.17) is 15.2 Å². The summed E-state index contributed by atoms with van der Waals surface area (Å²) in [5.41, 5.74) is 9.55. The van der Waals surface area contributed by atoms with Crippen LogP contribution in [0.25, 0.3) is 10.9 Å². The maximum atomic E-state index is 16.1. The Kier molecular flexibility index (Phi) is 25.1. The number of rotatable bonds is 5. The fraction of sp³-hybridized carbons (Fsp3) is 0.513. The zero-order valence-corrected chi connectivity index (χ0v) is 58.1. The van der Waals surface area contributed by atoms with Crippen molar-refractivity contribution in [2.45, 2.75) is 198 Å². The molecule has 6 aliphatic heterocycles. The monoisotopic (exact) mass is 1390 g/mol. The zero-order chi connectivity index (χ0) is 72.1. The quantitative estimate of drug-likeness (QED) is 0.127. The van der Waals surface area contributed by atoms with Gasteiger partial charge in [-0.15, -0.1) is 0 Å². The Bertz CT molecular complexity index is 3880. The highest BCUT2D eigenvalue weighted by atomic mass is 19.1. The van der Waals surface area contributed by atoms with Gasteiger partial charge in [0.15, 0.2) is 11.6 Å². The van der Waals surface area contributed by atoms with Gasteiger partial charge in [0.25, 0.3) is 0 Å². The fourth-order valence-corrected chi connectivity index (χ4v) is 14.7. The number of halogens is 1. The van der Waals surface area contributed by atoms with E-state index in [9.17, 15) is 33.9 Å². The summed E-state index contributed by atoms with van der Waals surface area (Å²) < 4.78 is 29.3. The summed E-state index contributed by atoms with van der Waals surface area (Å²) in [5.74, 6) is -9.30. The molecule has 2 fully saturated rings. The zero-order valence-electron chi connectivity index (χ0n) is 58.1. The molecule has 0 unspecified atom stereocenters. The minimum atomic E-state index is -1.80. The number of hydrogen-bond donors (Lipinski definition) is 7. The summed E-state index contributed by atoms with van der Waals surface area (Å²) in [4.78, 5) is 167. The van der Waals surface area contributed by atoms with E-state index in [1.165, 1.54) is 42.9 Å². The first kappa shape index (κ1) is 74.5. The first-order chi connectivity index (χ1) is 48.5. The normalized spacial score (nSPS) is 26.4. The number of methoxy groups -OCH3 is 1. The minimum absolute atomic E-state index is 0.0253. The van der Waals surface area contributed by atoms with E-state index in [-0.39, 0.29) is 95.0 Å².